The lowest BCUT2D eigenvalue weighted by molar-refractivity contribution is 0.102. The van der Waals surface area contributed by atoms with Gasteiger partial charge < -0.3 is 0 Å². The number of carbonyl (C=O) groups is 1. The first-order chi connectivity index (χ1) is 12.1. The first kappa shape index (κ1) is 15.9. The van der Waals surface area contributed by atoms with Gasteiger partial charge in [-0.25, -0.2) is 9.37 Å². The number of nitrogens with zero attached hydrogens (tertiary/aromatic N) is 3. The molecule has 0 spiro atoms. The van der Waals surface area contributed by atoms with Gasteiger partial charge in [-0.05, 0) is 36.4 Å². The normalized spacial score (nSPS) is 11.2. The maximum Gasteiger partial charge on any atom is 0.283 e. The standard InChI is InChI=1S/C17H10FN3O2S2/c18-11-7-5-10(6-8-11)14(22)9-24-17-20-21-15(23)12-3-1-2-4-13(12)19-16(21)25-17/h1-8H,9H2. The molecular formula is C17H10FN3O2S2. The largest absolute Gasteiger partial charge is 0.293 e. The zero-order chi connectivity index (χ0) is 17.4. The Morgan fingerprint density at radius 2 is 1.92 bits per heavy atom. The van der Waals surface area contributed by atoms with Crippen LogP contribution >= 0.6 is 23.1 Å². The van der Waals surface area contributed by atoms with Crippen LogP contribution in [0.15, 0.2) is 57.7 Å². The Balaban J connectivity index is 1.61. The molecule has 0 fully saturated rings. The number of carbonyl (C=O) groups excluding carboxylic acids is 1. The number of benzene rings is 2. The third kappa shape index (κ3) is 3.06. The smallest absolute Gasteiger partial charge is 0.283 e. The number of fused-ring (bicyclic) bond motifs is 2. The van der Waals surface area contributed by atoms with Crippen LogP contribution in [0.1, 0.15) is 10.4 Å². The predicted octanol–water partition coefficient (Wildman–Crippen LogP) is 3.42. The quantitative estimate of drug-likeness (QED) is 0.406. The van der Waals surface area contributed by atoms with Gasteiger partial charge in [-0.3, -0.25) is 9.59 Å². The molecule has 2 aromatic carbocycles. The summed E-state index contributed by atoms with van der Waals surface area (Å²) in [6, 6.07) is 12.5. The van der Waals surface area contributed by atoms with Gasteiger partial charge in [0.1, 0.15) is 5.82 Å². The van der Waals surface area contributed by atoms with Crippen LogP contribution < -0.4 is 5.56 Å². The summed E-state index contributed by atoms with van der Waals surface area (Å²) in [6.07, 6.45) is 0. The number of para-hydroxylation sites is 1. The SMILES string of the molecule is O=C(CSc1nn2c(=O)c3ccccc3nc2s1)c1ccc(F)cc1. The minimum absolute atomic E-state index is 0.130. The molecule has 0 N–H and O–H groups in total. The molecule has 0 aliphatic carbocycles. The van der Waals surface area contributed by atoms with Gasteiger partial charge in [0.25, 0.3) is 5.56 Å². The highest BCUT2D eigenvalue weighted by molar-refractivity contribution is 8.01. The fourth-order valence-corrected chi connectivity index (χ4v) is 4.17. The highest BCUT2D eigenvalue weighted by atomic mass is 32.2. The van der Waals surface area contributed by atoms with Gasteiger partial charge in [-0.15, -0.1) is 5.10 Å². The van der Waals surface area contributed by atoms with Crippen LogP contribution in [-0.4, -0.2) is 26.1 Å². The van der Waals surface area contributed by atoms with E-state index in [0.29, 0.717) is 25.8 Å². The molecule has 0 amide bonds. The summed E-state index contributed by atoms with van der Waals surface area (Å²) < 4.78 is 14.8. The first-order valence-corrected chi connectivity index (χ1v) is 9.12. The highest BCUT2D eigenvalue weighted by Gasteiger charge is 2.13. The number of rotatable bonds is 4. The average Bonchev–Trinajstić information content (AvgIpc) is 3.04. The Hall–Kier alpha value is -2.58. The number of hydrogen-bond donors (Lipinski definition) is 0. The fraction of sp³-hybridized carbons (Fsp3) is 0.0588. The van der Waals surface area contributed by atoms with Crippen molar-refractivity contribution < 1.29 is 9.18 Å². The summed E-state index contributed by atoms with van der Waals surface area (Å²) in [5.41, 5.74) is 0.833. The zero-order valence-corrected chi connectivity index (χ0v) is 14.3. The second-order valence-corrected chi connectivity index (χ2v) is 7.39. The average molecular weight is 371 g/mol. The number of ketones is 1. The summed E-state index contributed by atoms with van der Waals surface area (Å²) in [4.78, 5) is 29.5. The summed E-state index contributed by atoms with van der Waals surface area (Å²) in [7, 11) is 0. The van der Waals surface area contributed by atoms with Crippen molar-refractivity contribution in [1.29, 1.82) is 0 Å². The van der Waals surface area contributed by atoms with E-state index < -0.39 is 0 Å². The van der Waals surface area contributed by atoms with Crippen LogP contribution in [0.5, 0.6) is 0 Å². The molecule has 0 radical (unpaired) electrons. The van der Waals surface area contributed by atoms with Gasteiger partial charge in [0.2, 0.25) is 4.96 Å². The van der Waals surface area contributed by atoms with Gasteiger partial charge in [-0.1, -0.05) is 35.2 Å². The van der Waals surface area contributed by atoms with E-state index in [1.165, 1.54) is 51.9 Å². The second kappa shape index (κ2) is 6.38. The molecule has 0 saturated carbocycles. The molecular weight excluding hydrogens is 361 g/mol. The summed E-state index contributed by atoms with van der Waals surface area (Å²) in [6.45, 7) is 0. The van der Waals surface area contributed by atoms with Crippen LogP contribution in [0.4, 0.5) is 4.39 Å². The Kier molecular flexibility index (Phi) is 4.06. The van der Waals surface area contributed by atoms with E-state index in [0.717, 1.165) is 0 Å². The monoisotopic (exact) mass is 371 g/mol. The zero-order valence-electron chi connectivity index (χ0n) is 12.7. The fourth-order valence-electron chi connectivity index (χ4n) is 2.34. The number of Topliss-reactive ketones (excluding diaryl/α,β-unsaturated/α-hetero) is 1. The highest BCUT2D eigenvalue weighted by Crippen LogP contribution is 2.25. The maximum absolute atomic E-state index is 12.9. The van der Waals surface area contributed by atoms with Crippen molar-refractivity contribution in [3.8, 4) is 0 Å². The molecule has 0 unspecified atom stereocenters. The molecule has 0 aliphatic rings. The van der Waals surface area contributed by atoms with Crippen LogP contribution in [0.2, 0.25) is 0 Å². The lowest BCUT2D eigenvalue weighted by Crippen LogP contribution is -2.15. The van der Waals surface area contributed by atoms with Gasteiger partial charge in [0.15, 0.2) is 10.1 Å². The molecule has 2 heterocycles. The molecule has 0 bridgehead atoms. The number of halogens is 1. The van der Waals surface area contributed by atoms with E-state index in [2.05, 4.69) is 10.1 Å². The molecule has 4 rings (SSSR count). The summed E-state index contributed by atoms with van der Waals surface area (Å²) >= 11 is 2.49. The Bertz CT molecular complexity index is 1150. The van der Waals surface area contributed by atoms with E-state index in [-0.39, 0.29) is 22.9 Å². The molecule has 0 saturated heterocycles. The summed E-state index contributed by atoms with van der Waals surface area (Å²) in [5, 5.41) is 4.76. The molecule has 0 aliphatic heterocycles. The van der Waals surface area contributed by atoms with Gasteiger partial charge in [-0.2, -0.15) is 4.52 Å². The molecule has 2 aromatic heterocycles. The van der Waals surface area contributed by atoms with Crippen molar-refractivity contribution in [2.24, 2.45) is 0 Å². The molecule has 25 heavy (non-hydrogen) atoms. The van der Waals surface area contributed by atoms with Gasteiger partial charge >= 0.3 is 0 Å². The molecule has 0 atom stereocenters. The first-order valence-electron chi connectivity index (χ1n) is 7.32. The summed E-state index contributed by atoms with van der Waals surface area (Å²) in [5.74, 6) is -0.359. The molecule has 5 nitrogen and oxygen atoms in total. The number of aromatic nitrogens is 3. The van der Waals surface area contributed by atoms with Crippen molar-refractivity contribution in [2.45, 2.75) is 4.34 Å². The van der Waals surface area contributed by atoms with Gasteiger partial charge in [0.05, 0.1) is 16.7 Å². The topological polar surface area (TPSA) is 64.3 Å². The minimum atomic E-state index is -0.382. The third-order valence-corrected chi connectivity index (χ3v) is 5.62. The predicted molar refractivity (Wildman–Crippen MR) is 96.1 cm³/mol. The van der Waals surface area contributed by atoms with Crippen LogP contribution in [0.25, 0.3) is 15.9 Å². The van der Waals surface area contributed by atoms with E-state index in [1.807, 2.05) is 6.07 Å². The minimum Gasteiger partial charge on any atom is -0.293 e. The van der Waals surface area contributed by atoms with Crippen molar-refractivity contribution in [3.63, 3.8) is 0 Å². The molecule has 4 aromatic rings. The lowest BCUT2D eigenvalue weighted by Gasteiger charge is -1.98. The van der Waals surface area contributed by atoms with Crippen LogP contribution in [-0.2, 0) is 0 Å². The van der Waals surface area contributed by atoms with E-state index >= 15 is 0 Å². The number of thioether (sulfide) groups is 1. The van der Waals surface area contributed by atoms with E-state index in [9.17, 15) is 14.0 Å². The van der Waals surface area contributed by atoms with Crippen molar-refractivity contribution >= 4 is 44.7 Å². The lowest BCUT2D eigenvalue weighted by atomic mass is 10.1. The number of hydrogen-bond acceptors (Lipinski definition) is 6. The van der Waals surface area contributed by atoms with Crippen LogP contribution in [0.3, 0.4) is 0 Å². The maximum atomic E-state index is 12.9. The van der Waals surface area contributed by atoms with Crippen LogP contribution in [0, 0.1) is 5.82 Å². The second-order valence-electron chi connectivity index (χ2n) is 5.22. The Morgan fingerprint density at radius 1 is 1.16 bits per heavy atom. The van der Waals surface area contributed by atoms with Crippen molar-refractivity contribution in [2.75, 3.05) is 5.75 Å². The van der Waals surface area contributed by atoms with E-state index in [4.69, 9.17) is 0 Å². The van der Waals surface area contributed by atoms with Gasteiger partial charge in [0, 0.05) is 5.56 Å². The third-order valence-electron chi connectivity index (χ3n) is 3.58. The Morgan fingerprint density at radius 3 is 2.72 bits per heavy atom. The Labute approximate surface area is 149 Å². The van der Waals surface area contributed by atoms with Crippen molar-refractivity contribution in [3.05, 3.63) is 70.3 Å². The van der Waals surface area contributed by atoms with Crippen molar-refractivity contribution in [1.82, 2.24) is 14.6 Å². The molecule has 8 heteroatoms. The molecule has 124 valence electrons. The van der Waals surface area contributed by atoms with E-state index in [1.54, 1.807) is 18.2 Å².